The lowest BCUT2D eigenvalue weighted by Crippen LogP contribution is -2.45. The fourth-order valence-electron chi connectivity index (χ4n) is 3.08. The van der Waals surface area contributed by atoms with Gasteiger partial charge in [-0.05, 0) is 55.7 Å². The SMILES string of the molecule is CC(C)CCOC(=O)c1ccc(NC(=O)[C@@H](C)N2C(=O)c3ccccc3C2=O)cc1. The van der Waals surface area contributed by atoms with Crippen LogP contribution in [0.2, 0.25) is 0 Å². The van der Waals surface area contributed by atoms with E-state index in [9.17, 15) is 19.2 Å². The number of benzene rings is 2. The van der Waals surface area contributed by atoms with Gasteiger partial charge in [0.05, 0.1) is 23.3 Å². The molecule has 0 unspecified atom stereocenters. The Hall–Kier alpha value is -3.48. The quantitative estimate of drug-likeness (QED) is 0.559. The van der Waals surface area contributed by atoms with E-state index in [0.29, 0.717) is 34.9 Å². The number of amides is 3. The molecule has 0 aromatic heterocycles. The van der Waals surface area contributed by atoms with E-state index in [2.05, 4.69) is 5.32 Å². The summed E-state index contributed by atoms with van der Waals surface area (Å²) in [6, 6.07) is 11.8. The first-order valence-electron chi connectivity index (χ1n) is 9.84. The average Bonchev–Trinajstić information content (AvgIpc) is 2.98. The monoisotopic (exact) mass is 408 g/mol. The lowest BCUT2D eigenvalue weighted by Gasteiger charge is -2.21. The van der Waals surface area contributed by atoms with Crippen molar-refractivity contribution in [2.24, 2.45) is 5.92 Å². The van der Waals surface area contributed by atoms with Gasteiger partial charge >= 0.3 is 5.97 Å². The number of ether oxygens (including phenoxy) is 1. The summed E-state index contributed by atoms with van der Waals surface area (Å²) < 4.78 is 5.21. The number of nitrogens with one attached hydrogen (secondary N) is 1. The summed E-state index contributed by atoms with van der Waals surface area (Å²) in [4.78, 5) is 50.7. The molecule has 2 aromatic carbocycles. The minimum absolute atomic E-state index is 0.294. The molecule has 1 N–H and O–H groups in total. The number of hydrogen-bond donors (Lipinski definition) is 1. The molecule has 2 aromatic rings. The van der Waals surface area contributed by atoms with Crippen molar-refractivity contribution in [2.45, 2.75) is 33.2 Å². The summed E-state index contributed by atoms with van der Waals surface area (Å²) in [5, 5.41) is 2.67. The van der Waals surface area contributed by atoms with Gasteiger partial charge in [0, 0.05) is 5.69 Å². The normalized spacial score (nSPS) is 13.9. The molecule has 0 fully saturated rings. The minimum Gasteiger partial charge on any atom is -0.462 e. The van der Waals surface area contributed by atoms with E-state index in [0.717, 1.165) is 11.3 Å². The molecule has 0 bridgehead atoms. The Balaban J connectivity index is 1.62. The van der Waals surface area contributed by atoms with Crippen LogP contribution in [-0.2, 0) is 9.53 Å². The Bertz CT molecular complexity index is 946. The largest absolute Gasteiger partial charge is 0.462 e. The number of rotatable bonds is 7. The number of nitrogens with zero attached hydrogens (tertiary/aromatic N) is 1. The van der Waals surface area contributed by atoms with Crippen molar-refractivity contribution >= 4 is 29.4 Å². The Morgan fingerprint density at radius 3 is 2.03 bits per heavy atom. The summed E-state index contributed by atoms with van der Waals surface area (Å²) in [6.07, 6.45) is 0.787. The van der Waals surface area contributed by atoms with Crippen LogP contribution < -0.4 is 5.32 Å². The van der Waals surface area contributed by atoms with Crippen molar-refractivity contribution in [3.05, 3.63) is 65.2 Å². The number of imide groups is 1. The van der Waals surface area contributed by atoms with Gasteiger partial charge in [-0.25, -0.2) is 4.79 Å². The number of esters is 1. The lowest BCUT2D eigenvalue weighted by molar-refractivity contribution is -0.119. The highest BCUT2D eigenvalue weighted by molar-refractivity contribution is 6.23. The maximum Gasteiger partial charge on any atom is 0.338 e. The second-order valence-electron chi connectivity index (χ2n) is 7.59. The highest BCUT2D eigenvalue weighted by Gasteiger charge is 2.40. The van der Waals surface area contributed by atoms with Crippen molar-refractivity contribution < 1.29 is 23.9 Å². The second kappa shape index (κ2) is 8.90. The molecule has 7 heteroatoms. The van der Waals surface area contributed by atoms with Crippen molar-refractivity contribution in [2.75, 3.05) is 11.9 Å². The number of hydrogen-bond acceptors (Lipinski definition) is 5. The van der Waals surface area contributed by atoms with Crippen molar-refractivity contribution in [1.29, 1.82) is 0 Å². The maximum absolute atomic E-state index is 12.6. The molecule has 0 radical (unpaired) electrons. The Kier molecular flexibility index (Phi) is 6.30. The molecule has 30 heavy (non-hydrogen) atoms. The molecular formula is C23H24N2O5. The molecule has 0 saturated carbocycles. The van der Waals surface area contributed by atoms with Gasteiger partial charge in [-0.15, -0.1) is 0 Å². The van der Waals surface area contributed by atoms with Crippen LogP contribution in [0, 0.1) is 5.92 Å². The molecule has 1 heterocycles. The summed E-state index contributed by atoms with van der Waals surface area (Å²) in [6.45, 7) is 5.95. The predicted molar refractivity (Wildman–Crippen MR) is 111 cm³/mol. The van der Waals surface area contributed by atoms with Gasteiger partial charge < -0.3 is 10.1 Å². The fourth-order valence-corrected chi connectivity index (χ4v) is 3.08. The summed E-state index contributed by atoms with van der Waals surface area (Å²) in [7, 11) is 0. The highest BCUT2D eigenvalue weighted by Crippen LogP contribution is 2.25. The zero-order valence-electron chi connectivity index (χ0n) is 17.2. The Morgan fingerprint density at radius 2 is 1.50 bits per heavy atom. The van der Waals surface area contributed by atoms with Crippen molar-refractivity contribution in [1.82, 2.24) is 4.90 Å². The molecule has 3 rings (SSSR count). The summed E-state index contributed by atoms with van der Waals surface area (Å²) in [5.41, 5.74) is 1.41. The topological polar surface area (TPSA) is 92.8 Å². The molecular weight excluding hydrogens is 384 g/mol. The third-order valence-electron chi connectivity index (χ3n) is 4.91. The van der Waals surface area contributed by atoms with E-state index in [1.807, 2.05) is 13.8 Å². The fraction of sp³-hybridized carbons (Fsp3) is 0.304. The Labute approximate surface area is 175 Å². The van der Waals surface area contributed by atoms with Crippen LogP contribution in [0.5, 0.6) is 0 Å². The van der Waals surface area contributed by atoms with Gasteiger partial charge in [0.1, 0.15) is 6.04 Å². The molecule has 0 saturated heterocycles. The van der Waals surface area contributed by atoms with Crippen LogP contribution in [0.15, 0.2) is 48.5 Å². The third kappa shape index (κ3) is 4.40. The van der Waals surface area contributed by atoms with Gasteiger partial charge in [-0.3, -0.25) is 19.3 Å². The van der Waals surface area contributed by atoms with Crippen LogP contribution in [0.3, 0.4) is 0 Å². The van der Waals surface area contributed by atoms with Crippen LogP contribution in [0.1, 0.15) is 58.3 Å². The molecule has 0 spiro atoms. The molecule has 3 amide bonds. The van der Waals surface area contributed by atoms with E-state index >= 15 is 0 Å². The van der Waals surface area contributed by atoms with Gasteiger partial charge in [0.25, 0.3) is 11.8 Å². The predicted octanol–water partition coefficient (Wildman–Crippen LogP) is 3.51. The zero-order valence-corrected chi connectivity index (χ0v) is 17.2. The molecule has 1 aliphatic heterocycles. The van der Waals surface area contributed by atoms with Gasteiger partial charge in [0.15, 0.2) is 0 Å². The first kappa shape index (κ1) is 21.2. The van der Waals surface area contributed by atoms with Gasteiger partial charge in [-0.1, -0.05) is 26.0 Å². The summed E-state index contributed by atoms with van der Waals surface area (Å²) in [5.74, 6) is -1.46. The van der Waals surface area contributed by atoms with Crippen LogP contribution in [0.25, 0.3) is 0 Å². The van der Waals surface area contributed by atoms with Crippen LogP contribution >= 0.6 is 0 Å². The van der Waals surface area contributed by atoms with Crippen molar-refractivity contribution in [3.63, 3.8) is 0 Å². The highest BCUT2D eigenvalue weighted by atomic mass is 16.5. The van der Waals surface area contributed by atoms with Crippen LogP contribution in [0.4, 0.5) is 5.69 Å². The zero-order chi connectivity index (χ0) is 21.8. The third-order valence-corrected chi connectivity index (χ3v) is 4.91. The minimum atomic E-state index is -0.988. The van der Waals surface area contributed by atoms with E-state index in [4.69, 9.17) is 4.74 Å². The average molecular weight is 408 g/mol. The van der Waals surface area contributed by atoms with Gasteiger partial charge in [0.2, 0.25) is 5.91 Å². The lowest BCUT2D eigenvalue weighted by atomic mass is 10.1. The maximum atomic E-state index is 12.6. The molecule has 0 aliphatic carbocycles. The van der Waals surface area contributed by atoms with E-state index in [1.54, 1.807) is 48.5 Å². The van der Waals surface area contributed by atoms with Crippen molar-refractivity contribution in [3.8, 4) is 0 Å². The molecule has 156 valence electrons. The summed E-state index contributed by atoms with van der Waals surface area (Å²) >= 11 is 0. The second-order valence-corrected chi connectivity index (χ2v) is 7.59. The van der Waals surface area contributed by atoms with E-state index in [-0.39, 0.29) is 0 Å². The molecule has 1 aliphatic rings. The first-order chi connectivity index (χ1) is 14.3. The van der Waals surface area contributed by atoms with Crippen LogP contribution in [-0.4, -0.2) is 41.2 Å². The number of fused-ring (bicyclic) bond motifs is 1. The van der Waals surface area contributed by atoms with Gasteiger partial charge in [-0.2, -0.15) is 0 Å². The number of carbonyl (C=O) groups excluding carboxylic acids is 4. The smallest absolute Gasteiger partial charge is 0.338 e. The standard InChI is InChI=1S/C23H24N2O5/c1-14(2)12-13-30-23(29)16-8-10-17(11-9-16)24-20(26)15(3)25-21(27)18-6-4-5-7-19(18)22(25)28/h4-11,14-15H,12-13H2,1-3H3,(H,24,26)/t15-/m1/s1. The number of carbonyl (C=O) groups is 4. The van der Waals surface area contributed by atoms with E-state index < -0.39 is 29.7 Å². The molecule has 7 nitrogen and oxygen atoms in total. The Morgan fingerprint density at radius 1 is 0.933 bits per heavy atom. The first-order valence-corrected chi connectivity index (χ1v) is 9.84. The number of anilines is 1. The molecule has 1 atom stereocenters. The van der Waals surface area contributed by atoms with E-state index in [1.165, 1.54) is 6.92 Å².